The second-order valence-corrected chi connectivity index (χ2v) is 7.06. The summed E-state index contributed by atoms with van der Waals surface area (Å²) in [6, 6.07) is 20.3. The predicted octanol–water partition coefficient (Wildman–Crippen LogP) is 5.40. The molecule has 0 aromatic heterocycles. The summed E-state index contributed by atoms with van der Waals surface area (Å²) in [6.07, 6.45) is 0. The zero-order valence-electron chi connectivity index (χ0n) is 15.4. The van der Waals surface area contributed by atoms with E-state index in [9.17, 15) is 9.59 Å². The van der Waals surface area contributed by atoms with E-state index in [2.05, 4.69) is 15.8 Å². The first-order chi connectivity index (χ1) is 13.9. The van der Waals surface area contributed by atoms with Gasteiger partial charge in [-0.05, 0) is 73.2 Å². The Hall–Kier alpha value is -3.15. The van der Waals surface area contributed by atoms with Gasteiger partial charge < -0.3 is 5.32 Å². The quantitative estimate of drug-likeness (QED) is 0.424. The highest BCUT2D eigenvalue weighted by Gasteiger charge is 2.08. The van der Waals surface area contributed by atoms with Gasteiger partial charge in [0, 0.05) is 26.9 Å². The summed E-state index contributed by atoms with van der Waals surface area (Å²) < 4.78 is 0. The van der Waals surface area contributed by atoms with Crippen LogP contribution in [0.2, 0.25) is 10.0 Å². The maximum atomic E-state index is 12.4. The second kappa shape index (κ2) is 9.37. The molecule has 0 radical (unpaired) electrons. The van der Waals surface area contributed by atoms with E-state index in [4.69, 9.17) is 23.2 Å². The van der Waals surface area contributed by atoms with Crippen LogP contribution >= 0.6 is 23.2 Å². The number of halogens is 2. The van der Waals surface area contributed by atoms with Gasteiger partial charge in [0.15, 0.2) is 0 Å². The highest BCUT2D eigenvalue weighted by molar-refractivity contribution is 6.31. The molecule has 0 saturated heterocycles. The summed E-state index contributed by atoms with van der Waals surface area (Å²) in [7, 11) is 0. The van der Waals surface area contributed by atoms with Crippen molar-refractivity contribution in [3.63, 3.8) is 0 Å². The molecule has 0 fully saturated rings. The molecule has 0 aliphatic carbocycles. The summed E-state index contributed by atoms with van der Waals surface area (Å²) in [4.78, 5) is 24.5. The van der Waals surface area contributed by atoms with Gasteiger partial charge in [-0.15, -0.1) is 0 Å². The molecule has 0 unspecified atom stereocenters. The van der Waals surface area contributed by atoms with E-state index in [1.807, 2.05) is 6.07 Å². The first kappa shape index (κ1) is 20.6. The fourth-order valence-corrected chi connectivity index (χ4v) is 2.74. The van der Waals surface area contributed by atoms with Crippen molar-refractivity contribution in [1.29, 1.82) is 0 Å². The molecule has 0 spiro atoms. The van der Waals surface area contributed by atoms with Gasteiger partial charge in [0.1, 0.15) is 0 Å². The van der Waals surface area contributed by atoms with Crippen LogP contribution < -0.4 is 10.7 Å². The Labute approximate surface area is 178 Å². The van der Waals surface area contributed by atoms with E-state index >= 15 is 0 Å². The molecule has 3 aromatic rings. The molecule has 3 rings (SSSR count). The van der Waals surface area contributed by atoms with Gasteiger partial charge in [0.05, 0.1) is 5.71 Å². The predicted molar refractivity (Wildman–Crippen MR) is 117 cm³/mol. The summed E-state index contributed by atoms with van der Waals surface area (Å²) in [5, 5.41) is 8.09. The molecule has 0 aliphatic rings. The highest BCUT2D eigenvalue weighted by Crippen LogP contribution is 2.15. The van der Waals surface area contributed by atoms with Crippen LogP contribution in [0.1, 0.15) is 33.2 Å². The molecule has 0 aliphatic heterocycles. The van der Waals surface area contributed by atoms with Crippen molar-refractivity contribution in [2.45, 2.75) is 6.92 Å². The maximum absolute atomic E-state index is 12.4. The molecule has 2 amide bonds. The summed E-state index contributed by atoms with van der Waals surface area (Å²) in [5.74, 6) is -0.585. The lowest BCUT2D eigenvalue weighted by atomic mass is 10.1. The summed E-state index contributed by atoms with van der Waals surface area (Å²) in [5.41, 5.74) is 5.43. The Balaban J connectivity index is 1.68. The van der Waals surface area contributed by atoms with Crippen LogP contribution in [0.4, 0.5) is 5.69 Å². The van der Waals surface area contributed by atoms with Gasteiger partial charge in [-0.2, -0.15) is 5.10 Å². The number of hydrogen-bond donors (Lipinski definition) is 2. The van der Waals surface area contributed by atoms with E-state index < -0.39 is 0 Å². The molecule has 3 aromatic carbocycles. The van der Waals surface area contributed by atoms with Gasteiger partial charge in [-0.1, -0.05) is 35.3 Å². The Morgan fingerprint density at radius 1 is 0.759 bits per heavy atom. The number of hydrogen-bond acceptors (Lipinski definition) is 3. The number of anilines is 1. The third-order valence-electron chi connectivity index (χ3n) is 4.08. The summed E-state index contributed by atoms with van der Waals surface area (Å²) >= 11 is 11.7. The van der Waals surface area contributed by atoms with E-state index in [0.29, 0.717) is 32.6 Å². The fraction of sp³-hybridized carbons (Fsp3) is 0.0455. The zero-order valence-corrected chi connectivity index (χ0v) is 17.0. The van der Waals surface area contributed by atoms with E-state index in [1.54, 1.807) is 73.7 Å². The van der Waals surface area contributed by atoms with Crippen molar-refractivity contribution in [2.75, 3.05) is 5.32 Å². The standard InChI is InChI=1S/C22H17Cl2N3O2/c1-14(26-27-22(29)16-7-11-19(24)12-8-16)17-3-2-4-20(13-17)25-21(28)15-5-9-18(23)10-6-15/h2-13H,1H3,(H,25,28)(H,27,29)/b26-14-. The Morgan fingerprint density at radius 3 is 1.90 bits per heavy atom. The van der Waals surface area contributed by atoms with E-state index in [1.165, 1.54) is 0 Å². The fourth-order valence-electron chi connectivity index (χ4n) is 2.49. The van der Waals surface area contributed by atoms with Gasteiger partial charge in [-0.25, -0.2) is 5.43 Å². The number of carbonyl (C=O) groups is 2. The Morgan fingerprint density at radius 2 is 1.31 bits per heavy atom. The number of amides is 2. The number of benzene rings is 3. The number of carbonyl (C=O) groups excluding carboxylic acids is 2. The minimum absolute atomic E-state index is 0.246. The molecule has 5 nitrogen and oxygen atoms in total. The van der Waals surface area contributed by atoms with E-state index in [0.717, 1.165) is 5.56 Å². The average molecular weight is 426 g/mol. The lowest BCUT2D eigenvalue weighted by Crippen LogP contribution is -2.19. The van der Waals surface area contributed by atoms with Crippen molar-refractivity contribution in [2.24, 2.45) is 5.10 Å². The van der Waals surface area contributed by atoms with Crippen LogP contribution in [0.3, 0.4) is 0 Å². The van der Waals surface area contributed by atoms with Crippen LogP contribution in [-0.4, -0.2) is 17.5 Å². The van der Waals surface area contributed by atoms with E-state index in [-0.39, 0.29) is 11.8 Å². The van der Waals surface area contributed by atoms with Crippen LogP contribution in [0.25, 0.3) is 0 Å². The van der Waals surface area contributed by atoms with Gasteiger partial charge in [-0.3, -0.25) is 9.59 Å². The monoisotopic (exact) mass is 425 g/mol. The third-order valence-corrected chi connectivity index (χ3v) is 4.58. The van der Waals surface area contributed by atoms with Crippen LogP contribution in [0.15, 0.2) is 77.9 Å². The van der Waals surface area contributed by atoms with Crippen molar-refractivity contribution >= 4 is 46.4 Å². The van der Waals surface area contributed by atoms with Gasteiger partial charge in [0.2, 0.25) is 0 Å². The molecular weight excluding hydrogens is 409 g/mol. The van der Waals surface area contributed by atoms with Crippen LogP contribution in [0.5, 0.6) is 0 Å². The summed E-state index contributed by atoms with van der Waals surface area (Å²) in [6.45, 7) is 1.77. The average Bonchev–Trinajstić information content (AvgIpc) is 2.73. The lowest BCUT2D eigenvalue weighted by Gasteiger charge is -2.08. The first-order valence-electron chi connectivity index (χ1n) is 8.70. The Bertz CT molecular complexity index is 1060. The second-order valence-electron chi connectivity index (χ2n) is 6.19. The number of nitrogens with one attached hydrogen (secondary N) is 2. The molecule has 0 heterocycles. The zero-order chi connectivity index (χ0) is 20.8. The minimum Gasteiger partial charge on any atom is -0.322 e. The first-order valence-corrected chi connectivity index (χ1v) is 9.45. The molecular formula is C22H17Cl2N3O2. The topological polar surface area (TPSA) is 70.6 Å². The number of hydrazone groups is 1. The SMILES string of the molecule is C/C(=N/NC(=O)c1ccc(Cl)cc1)c1cccc(NC(=O)c2ccc(Cl)cc2)c1. The number of rotatable bonds is 5. The van der Waals surface area contributed by atoms with Crippen molar-refractivity contribution in [1.82, 2.24) is 5.43 Å². The largest absolute Gasteiger partial charge is 0.322 e. The molecule has 146 valence electrons. The normalized spacial score (nSPS) is 11.1. The smallest absolute Gasteiger partial charge is 0.271 e. The Kier molecular flexibility index (Phi) is 6.65. The third kappa shape index (κ3) is 5.67. The van der Waals surface area contributed by atoms with Crippen molar-refractivity contribution in [3.05, 3.63) is 99.5 Å². The molecule has 2 N–H and O–H groups in total. The van der Waals surface area contributed by atoms with Crippen LogP contribution in [-0.2, 0) is 0 Å². The number of nitrogens with zero attached hydrogens (tertiary/aromatic N) is 1. The van der Waals surface area contributed by atoms with Gasteiger partial charge in [0.25, 0.3) is 11.8 Å². The lowest BCUT2D eigenvalue weighted by molar-refractivity contribution is 0.0954. The highest BCUT2D eigenvalue weighted by atomic mass is 35.5. The van der Waals surface area contributed by atoms with Crippen molar-refractivity contribution < 1.29 is 9.59 Å². The molecule has 0 bridgehead atoms. The molecule has 7 heteroatoms. The molecule has 0 saturated carbocycles. The van der Waals surface area contributed by atoms with Gasteiger partial charge >= 0.3 is 0 Å². The minimum atomic E-state index is -0.340. The maximum Gasteiger partial charge on any atom is 0.271 e. The molecule has 29 heavy (non-hydrogen) atoms. The van der Waals surface area contributed by atoms with Crippen molar-refractivity contribution in [3.8, 4) is 0 Å². The van der Waals surface area contributed by atoms with Crippen LogP contribution in [0, 0.1) is 0 Å². The molecule has 0 atom stereocenters.